The summed E-state index contributed by atoms with van der Waals surface area (Å²) in [5.74, 6) is 0.752. The van der Waals surface area contributed by atoms with Crippen molar-refractivity contribution < 1.29 is 13.2 Å². The molecule has 7 heteroatoms. The molecule has 0 aliphatic heterocycles. The SMILES string of the molecule is CCCNC(CCC(F)(F)F)Cc1ncnn1CCC. The molecule has 0 amide bonds. The van der Waals surface area contributed by atoms with Crippen LogP contribution in [-0.2, 0) is 13.0 Å². The van der Waals surface area contributed by atoms with E-state index in [-0.39, 0.29) is 12.5 Å². The van der Waals surface area contributed by atoms with Gasteiger partial charge in [0, 0.05) is 25.4 Å². The summed E-state index contributed by atoms with van der Waals surface area (Å²) in [7, 11) is 0. The Morgan fingerprint density at radius 3 is 2.65 bits per heavy atom. The number of aromatic nitrogens is 3. The summed E-state index contributed by atoms with van der Waals surface area (Å²) in [5.41, 5.74) is 0. The Morgan fingerprint density at radius 2 is 2.05 bits per heavy atom. The van der Waals surface area contributed by atoms with Crippen LogP contribution in [0.4, 0.5) is 13.2 Å². The normalized spacial score (nSPS) is 13.7. The highest BCUT2D eigenvalue weighted by molar-refractivity contribution is 4.90. The molecule has 1 aromatic heterocycles. The zero-order valence-electron chi connectivity index (χ0n) is 12.1. The summed E-state index contributed by atoms with van der Waals surface area (Å²) in [6.07, 6.45) is -1.04. The van der Waals surface area contributed by atoms with Gasteiger partial charge in [0.05, 0.1) is 0 Å². The smallest absolute Gasteiger partial charge is 0.314 e. The number of nitrogens with one attached hydrogen (secondary N) is 1. The van der Waals surface area contributed by atoms with Crippen molar-refractivity contribution in [3.63, 3.8) is 0 Å². The summed E-state index contributed by atoms with van der Waals surface area (Å²) in [6.45, 7) is 5.48. The van der Waals surface area contributed by atoms with E-state index >= 15 is 0 Å². The molecule has 1 atom stereocenters. The van der Waals surface area contributed by atoms with Crippen molar-refractivity contribution >= 4 is 0 Å². The van der Waals surface area contributed by atoms with Gasteiger partial charge in [0.15, 0.2) is 0 Å². The molecule has 1 N–H and O–H groups in total. The molecule has 1 aromatic rings. The Labute approximate surface area is 117 Å². The van der Waals surface area contributed by atoms with Crippen molar-refractivity contribution in [1.29, 1.82) is 0 Å². The van der Waals surface area contributed by atoms with Gasteiger partial charge in [-0.1, -0.05) is 13.8 Å². The third-order valence-corrected chi connectivity index (χ3v) is 3.02. The van der Waals surface area contributed by atoms with Crippen molar-refractivity contribution in [2.75, 3.05) is 6.54 Å². The van der Waals surface area contributed by atoms with Gasteiger partial charge < -0.3 is 5.32 Å². The van der Waals surface area contributed by atoms with E-state index in [1.165, 1.54) is 6.33 Å². The van der Waals surface area contributed by atoms with Crippen LogP contribution in [0.15, 0.2) is 6.33 Å². The fraction of sp³-hybridized carbons (Fsp3) is 0.846. The van der Waals surface area contributed by atoms with Crippen LogP contribution in [-0.4, -0.2) is 33.5 Å². The predicted octanol–water partition coefficient (Wildman–Crippen LogP) is 2.94. The van der Waals surface area contributed by atoms with Crippen LogP contribution in [0, 0.1) is 0 Å². The summed E-state index contributed by atoms with van der Waals surface area (Å²) < 4.78 is 38.8. The van der Waals surface area contributed by atoms with E-state index in [0.717, 1.165) is 25.2 Å². The van der Waals surface area contributed by atoms with Gasteiger partial charge in [0.1, 0.15) is 12.2 Å². The lowest BCUT2D eigenvalue weighted by atomic mass is 10.1. The van der Waals surface area contributed by atoms with Gasteiger partial charge in [-0.2, -0.15) is 18.3 Å². The predicted molar refractivity (Wildman–Crippen MR) is 71.4 cm³/mol. The first-order chi connectivity index (χ1) is 9.46. The molecule has 1 rings (SSSR count). The number of alkyl halides is 3. The Kier molecular flexibility index (Phi) is 6.98. The molecule has 0 radical (unpaired) electrons. The molecule has 0 saturated heterocycles. The summed E-state index contributed by atoms with van der Waals surface area (Å²) in [6, 6.07) is -0.212. The van der Waals surface area contributed by atoms with E-state index in [9.17, 15) is 13.2 Å². The second-order valence-electron chi connectivity index (χ2n) is 4.91. The highest BCUT2D eigenvalue weighted by Gasteiger charge is 2.28. The zero-order chi connectivity index (χ0) is 15.0. The maximum atomic E-state index is 12.4. The largest absolute Gasteiger partial charge is 0.389 e. The van der Waals surface area contributed by atoms with Crippen LogP contribution < -0.4 is 5.32 Å². The highest BCUT2D eigenvalue weighted by atomic mass is 19.4. The summed E-state index contributed by atoms with van der Waals surface area (Å²) in [5, 5.41) is 7.27. The second-order valence-corrected chi connectivity index (χ2v) is 4.91. The molecule has 0 fully saturated rings. The number of nitrogens with zero attached hydrogens (tertiary/aromatic N) is 3. The van der Waals surface area contributed by atoms with Gasteiger partial charge in [0.25, 0.3) is 0 Å². The van der Waals surface area contributed by atoms with Crippen molar-refractivity contribution in [1.82, 2.24) is 20.1 Å². The van der Waals surface area contributed by atoms with E-state index in [4.69, 9.17) is 0 Å². The van der Waals surface area contributed by atoms with Gasteiger partial charge in [-0.15, -0.1) is 0 Å². The third-order valence-electron chi connectivity index (χ3n) is 3.02. The van der Waals surface area contributed by atoms with E-state index in [2.05, 4.69) is 15.4 Å². The van der Waals surface area contributed by atoms with Crippen molar-refractivity contribution in [2.24, 2.45) is 0 Å². The molecular formula is C13H23F3N4. The third kappa shape index (κ3) is 6.36. The van der Waals surface area contributed by atoms with Crippen LogP contribution in [0.3, 0.4) is 0 Å². The first kappa shape index (κ1) is 16.9. The number of halogens is 3. The standard InChI is InChI=1S/C13H23F3N4/c1-3-7-17-11(5-6-13(14,15)16)9-12-18-10-19-20(12)8-4-2/h10-11,17H,3-9H2,1-2H3. The van der Waals surface area contributed by atoms with Gasteiger partial charge in [-0.3, -0.25) is 4.68 Å². The fourth-order valence-electron chi connectivity index (χ4n) is 2.03. The van der Waals surface area contributed by atoms with Crippen molar-refractivity contribution in [2.45, 2.75) is 64.7 Å². The van der Waals surface area contributed by atoms with Crippen molar-refractivity contribution in [3.05, 3.63) is 12.2 Å². The average molecular weight is 292 g/mol. The maximum absolute atomic E-state index is 12.4. The molecule has 0 aromatic carbocycles. The van der Waals surface area contributed by atoms with Gasteiger partial charge in [-0.05, 0) is 25.8 Å². The molecule has 4 nitrogen and oxygen atoms in total. The zero-order valence-corrected chi connectivity index (χ0v) is 12.1. The van der Waals surface area contributed by atoms with Crippen LogP contribution in [0.2, 0.25) is 0 Å². The van der Waals surface area contributed by atoms with E-state index < -0.39 is 12.6 Å². The maximum Gasteiger partial charge on any atom is 0.389 e. The first-order valence-electron chi connectivity index (χ1n) is 7.13. The molecule has 0 aliphatic rings. The van der Waals surface area contributed by atoms with E-state index in [1.807, 2.05) is 13.8 Å². The summed E-state index contributed by atoms with van der Waals surface area (Å²) in [4.78, 5) is 4.16. The van der Waals surface area contributed by atoms with Gasteiger partial charge >= 0.3 is 6.18 Å². The fourth-order valence-corrected chi connectivity index (χ4v) is 2.03. The monoisotopic (exact) mass is 292 g/mol. The number of hydrogen-bond donors (Lipinski definition) is 1. The van der Waals surface area contributed by atoms with Crippen molar-refractivity contribution in [3.8, 4) is 0 Å². The minimum Gasteiger partial charge on any atom is -0.314 e. The number of aryl methyl sites for hydroxylation is 1. The number of hydrogen-bond acceptors (Lipinski definition) is 3. The summed E-state index contributed by atoms with van der Waals surface area (Å²) >= 11 is 0. The molecule has 20 heavy (non-hydrogen) atoms. The highest BCUT2D eigenvalue weighted by Crippen LogP contribution is 2.23. The second kappa shape index (κ2) is 8.24. The quantitative estimate of drug-likeness (QED) is 0.761. The van der Waals surface area contributed by atoms with E-state index in [0.29, 0.717) is 13.0 Å². The minimum atomic E-state index is -4.11. The average Bonchev–Trinajstić information content (AvgIpc) is 2.79. The van der Waals surface area contributed by atoms with E-state index in [1.54, 1.807) is 4.68 Å². The first-order valence-corrected chi connectivity index (χ1v) is 7.13. The molecule has 0 saturated carbocycles. The lowest BCUT2D eigenvalue weighted by molar-refractivity contribution is -0.136. The van der Waals surface area contributed by atoms with Gasteiger partial charge in [0.2, 0.25) is 0 Å². The van der Waals surface area contributed by atoms with Crippen LogP contribution in [0.25, 0.3) is 0 Å². The lowest BCUT2D eigenvalue weighted by Crippen LogP contribution is -2.34. The lowest BCUT2D eigenvalue weighted by Gasteiger charge is -2.19. The van der Waals surface area contributed by atoms with Gasteiger partial charge in [-0.25, -0.2) is 4.98 Å². The van der Waals surface area contributed by atoms with Crippen LogP contribution in [0.5, 0.6) is 0 Å². The molecule has 0 spiro atoms. The molecule has 116 valence electrons. The number of rotatable bonds is 9. The Hall–Kier alpha value is -1.11. The van der Waals surface area contributed by atoms with Crippen LogP contribution in [0.1, 0.15) is 45.4 Å². The molecular weight excluding hydrogens is 269 g/mol. The minimum absolute atomic E-state index is 0.0719. The molecule has 1 unspecified atom stereocenters. The Morgan fingerprint density at radius 1 is 1.30 bits per heavy atom. The molecule has 0 bridgehead atoms. The van der Waals surface area contributed by atoms with Crippen LogP contribution >= 0.6 is 0 Å². The Bertz CT molecular complexity index is 376. The molecule has 1 heterocycles. The topological polar surface area (TPSA) is 42.7 Å². The molecule has 0 aliphatic carbocycles. The Balaban J connectivity index is 2.60.